The lowest BCUT2D eigenvalue weighted by molar-refractivity contribution is -0.140. The second-order valence-corrected chi connectivity index (χ2v) is 21.9. The quantitative estimate of drug-likeness (QED) is 0.295. The molecule has 3 atom stereocenters. The molecule has 262 valence electrons. The van der Waals surface area contributed by atoms with E-state index in [2.05, 4.69) is 10.3 Å². The molecular weight excluding hydrogens is 653 g/mol. The number of carbonyl (C=O) groups excluding carboxylic acids is 1. The molecule has 2 aliphatic heterocycles. The molecule has 0 bridgehead atoms. The predicted molar refractivity (Wildman–Crippen MR) is 175 cm³/mol. The van der Waals surface area contributed by atoms with Gasteiger partial charge < -0.3 is 37.2 Å². The van der Waals surface area contributed by atoms with Gasteiger partial charge in [-0.2, -0.15) is 13.8 Å². The monoisotopic (exact) mass is 699 g/mol. The van der Waals surface area contributed by atoms with Crippen LogP contribution in [0, 0.1) is 0 Å². The average Bonchev–Trinajstić information content (AvgIpc) is 3.23. The summed E-state index contributed by atoms with van der Waals surface area (Å²) >= 11 is 0. The van der Waals surface area contributed by atoms with E-state index in [-0.39, 0.29) is 51.7 Å². The lowest BCUT2D eigenvalue weighted by Gasteiger charge is -2.51. The number of halogens is 2. The molecule has 2 saturated heterocycles. The summed E-state index contributed by atoms with van der Waals surface area (Å²) in [7, 11) is -2.13. The Bertz CT molecular complexity index is 1460. The first-order chi connectivity index (χ1) is 22.0. The minimum absolute atomic E-state index is 0.0133. The zero-order valence-corrected chi connectivity index (χ0v) is 30.9. The van der Waals surface area contributed by atoms with E-state index in [1.807, 2.05) is 55.4 Å². The third-order valence-electron chi connectivity index (χ3n) is 8.92. The number of methoxy groups -OCH3 is 3. The van der Waals surface area contributed by atoms with Crippen molar-refractivity contribution in [3.05, 3.63) is 40.4 Å². The highest BCUT2D eigenvalue weighted by molar-refractivity contribution is 6.84. The third kappa shape index (κ3) is 6.59. The molecule has 3 heterocycles. The Kier molecular flexibility index (Phi) is 10.9. The number of aromatic nitrogens is 2. The molecule has 47 heavy (non-hydrogen) atoms. The standard InChI is InChI=1S/C31H47F2N3O9Si2/c1-17(2)46(18(3)4)42-16-24-27(44-47(45-46,19(5)6)20(7)8)31(32,33)29(43-24)36-13-12-25(35-30(36)38)34-28(37)21-14-22(39-9)26(41-11)23(15-21)40-10/h12-15,17-20,24,27,29H,16H2,1-11H3,(H,34,35,37,38)/t24-,27-,29-/m1/s1. The average molecular weight is 700 g/mol. The van der Waals surface area contributed by atoms with E-state index < -0.39 is 53.1 Å². The van der Waals surface area contributed by atoms with Gasteiger partial charge in [-0.15, -0.1) is 0 Å². The van der Waals surface area contributed by atoms with Gasteiger partial charge in [-0.05, 0) is 40.4 Å². The van der Waals surface area contributed by atoms with E-state index in [9.17, 15) is 9.59 Å². The van der Waals surface area contributed by atoms with Gasteiger partial charge in [0, 0.05) is 11.8 Å². The number of fused-ring (bicyclic) bond motifs is 1. The minimum atomic E-state index is -3.65. The highest BCUT2D eigenvalue weighted by Crippen LogP contribution is 2.52. The molecule has 2 aromatic rings. The van der Waals surface area contributed by atoms with Crippen LogP contribution >= 0.6 is 0 Å². The van der Waals surface area contributed by atoms with Crippen LogP contribution in [0.15, 0.2) is 29.2 Å². The molecule has 1 N–H and O–H groups in total. The molecule has 1 aromatic heterocycles. The number of nitrogens with zero attached hydrogens (tertiary/aromatic N) is 2. The maximum Gasteiger partial charge on any atom is 0.351 e. The molecule has 0 spiro atoms. The number of rotatable bonds is 10. The molecule has 12 nitrogen and oxygen atoms in total. The fourth-order valence-corrected chi connectivity index (χ4v) is 17.6. The summed E-state index contributed by atoms with van der Waals surface area (Å²) in [6, 6.07) is 4.10. The van der Waals surface area contributed by atoms with E-state index in [1.165, 1.54) is 39.5 Å². The molecule has 2 fully saturated rings. The Morgan fingerprint density at radius 3 is 1.98 bits per heavy atom. The number of amides is 1. The second-order valence-electron chi connectivity index (χ2n) is 13.1. The van der Waals surface area contributed by atoms with Crippen LogP contribution < -0.4 is 25.2 Å². The summed E-state index contributed by atoms with van der Waals surface area (Å²) in [5, 5.41) is 2.52. The second kappa shape index (κ2) is 13.9. The van der Waals surface area contributed by atoms with Gasteiger partial charge in [-0.25, -0.2) is 4.79 Å². The van der Waals surface area contributed by atoms with Crippen molar-refractivity contribution in [3.8, 4) is 17.2 Å². The van der Waals surface area contributed by atoms with Gasteiger partial charge >= 0.3 is 28.7 Å². The summed E-state index contributed by atoms with van der Waals surface area (Å²) < 4.78 is 75.5. The van der Waals surface area contributed by atoms with Crippen LogP contribution in [0.25, 0.3) is 0 Å². The number of alkyl halides is 2. The summed E-state index contributed by atoms with van der Waals surface area (Å²) in [5.41, 5.74) is -1.26. The number of benzene rings is 1. The molecule has 0 saturated carbocycles. The third-order valence-corrected chi connectivity index (χ3v) is 19.2. The van der Waals surface area contributed by atoms with Gasteiger partial charge in [0.1, 0.15) is 18.0 Å². The van der Waals surface area contributed by atoms with Crippen molar-refractivity contribution in [1.82, 2.24) is 9.55 Å². The molecule has 1 amide bonds. The Balaban J connectivity index is 1.66. The van der Waals surface area contributed by atoms with Crippen molar-refractivity contribution >= 4 is 28.8 Å². The first-order valence-corrected chi connectivity index (χ1v) is 19.7. The first kappa shape index (κ1) is 36.9. The van der Waals surface area contributed by atoms with Gasteiger partial charge in [-0.3, -0.25) is 9.36 Å². The van der Waals surface area contributed by atoms with Gasteiger partial charge in [0.05, 0.1) is 27.9 Å². The van der Waals surface area contributed by atoms with Gasteiger partial charge in [0.2, 0.25) is 12.0 Å². The molecule has 4 rings (SSSR count). The van der Waals surface area contributed by atoms with Crippen molar-refractivity contribution < 1.29 is 45.5 Å². The number of ether oxygens (including phenoxy) is 4. The summed E-state index contributed by atoms with van der Waals surface area (Å²) in [4.78, 5) is 30.2. The van der Waals surface area contributed by atoms with E-state index >= 15 is 8.78 Å². The normalized spacial score (nSPS) is 23.4. The highest BCUT2D eigenvalue weighted by atomic mass is 28.5. The van der Waals surface area contributed by atoms with Crippen LogP contribution in [0.5, 0.6) is 17.2 Å². The zero-order chi connectivity index (χ0) is 35.1. The van der Waals surface area contributed by atoms with Gasteiger partial charge in [-0.1, -0.05) is 55.4 Å². The number of nitrogens with one attached hydrogen (secondary N) is 1. The van der Waals surface area contributed by atoms with Crippen LogP contribution in [0.1, 0.15) is 72.0 Å². The largest absolute Gasteiger partial charge is 0.493 e. The van der Waals surface area contributed by atoms with Crippen LogP contribution in [0.3, 0.4) is 0 Å². The first-order valence-electron chi connectivity index (χ1n) is 15.7. The van der Waals surface area contributed by atoms with Crippen molar-refractivity contribution in [1.29, 1.82) is 0 Å². The summed E-state index contributed by atoms with van der Waals surface area (Å²) in [6.45, 7) is 15.7. The lowest BCUT2D eigenvalue weighted by atomic mass is 10.1. The number of hydrogen-bond donors (Lipinski definition) is 1. The van der Waals surface area contributed by atoms with Crippen molar-refractivity contribution in [2.24, 2.45) is 0 Å². The number of carbonyl (C=O) groups is 1. The maximum atomic E-state index is 16.4. The van der Waals surface area contributed by atoms with Crippen LogP contribution in [-0.2, 0) is 17.7 Å². The van der Waals surface area contributed by atoms with E-state index in [0.717, 1.165) is 6.20 Å². The Morgan fingerprint density at radius 2 is 1.51 bits per heavy atom. The molecule has 1 aromatic carbocycles. The number of hydrogen-bond acceptors (Lipinski definition) is 10. The summed E-state index contributed by atoms with van der Waals surface area (Å²) in [5.74, 6) is -3.67. The van der Waals surface area contributed by atoms with E-state index in [4.69, 9.17) is 31.9 Å². The van der Waals surface area contributed by atoms with Crippen molar-refractivity contribution in [3.63, 3.8) is 0 Å². The molecule has 0 unspecified atom stereocenters. The molecule has 16 heteroatoms. The molecular formula is C31H47F2N3O9Si2. The topological polar surface area (TPSA) is 129 Å². The fraction of sp³-hybridized carbons (Fsp3) is 0.645. The lowest BCUT2D eigenvalue weighted by Crippen LogP contribution is -2.66. The number of anilines is 1. The fourth-order valence-electron chi connectivity index (χ4n) is 6.43. The summed E-state index contributed by atoms with van der Waals surface area (Å²) in [6.07, 6.45) is -3.80. The van der Waals surface area contributed by atoms with E-state index in [1.54, 1.807) is 0 Å². The zero-order valence-electron chi connectivity index (χ0n) is 28.9. The minimum Gasteiger partial charge on any atom is -0.493 e. The smallest absolute Gasteiger partial charge is 0.351 e. The molecule has 2 aliphatic rings. The van der Waals surface area contributed by atoms with E-state index in [0.29, 0.717) is 10.3 Å². The Morgan fingerprint density at radius 1 is 0.957 bits per heavy atom. The van der Waals surface area contributed by atoms with Crippen molar-refractivity contribution in [2.75, 3.05) is 33.3 Å². The van der Waals surface area contributed by atoms with Gasteiger partial charge in [0.15, 0.2) is 11.5 Å². The SMILES string of the molecule is COc1cc(C(=O)Nc2ccn([C@@H]3O[C@@H]4CO[Si](C(C)C)(C(C)C)O[Si](C(C)C)(C(C)C)O[C@H]4C3(F)F)c(=O)n2)cc(OC)c1OC. The predicted octanol–water partition coefficient (Wildman–Crippen LogP) is 6.01. The molecule has 0 radical (unpaired) electrons. The van der Waals surface area contributed by atoms with Crippen LogP contribution in [0.4, 0.5) is 14.6 Å². The molecule has 0 aliphatic carbocycles. The van der Waals surface area contributed by atoms with Crippen LogP contribution in [-0.4, -0.2) is 78.6 Å². The van der Waals surface area contributed by atoms with Crippen LogP contribution in [0.2, 0.25) is 22.2 Å². The maximum absolute atomic E-state index is 16.4. The van der Waals surface area contributed by atoms with Crippen molar-refractivity contribution in [2.45, 2.75) is 102 Å². The highest BCUT2D eigenvalue weighted by Gasteiger charge is 2.67. The van der Waals surface area contributed by atoms with Gasteiger partial charge in [0.25, 0.3) is 5.91 Å². The Hall–Kier alpha value is -2.90. The Labute approximate surface area is 276 Å².